The van der Waals surface area contributed by atoms with E-state index in [0.717, 1.165) is 23.3 Å². The summed E-state index contributed by atoms with van der Waals surface area (Å²) in [5.74, 6) is 0.758. The first-order chi connectivity index (χ1) is 21.1. The van der Waals surface area contributed by atoms with Gasteiger partial charge in [-0.2, -0.15) is 17.5 Å². The van der Waals surface area contributed by atoms with E-state index in [1.54, 1.807) is 62.4 Å². The van der Waals surface area contributed by atoms with Gasteiger partial charge in [-0.3, -0.25) is 10.3 Å². The van der Waals surface area contributed by atoms with Crippen molar-refractivity contribution >= 4 is 44.6 Å². The van der Waals surface area contributed by atoms with E-state index in [-0.39, 0.29) is 42.0 Å². The second-order valence-electron chi connectivity index (χ2n) is 10.8. The summed E-state index contributed by atoms with van der Waals surface area (Å²) in [7, 11) is -0.867. The summed E-state index contributed by atoms with van der Waals surface area (Å²) in [6, 6.07) is 17.2. The molecule has 1 aliphatic heterocycles. The highest BCUT2D eigenvalue weighted by Crippen LogP contribution is 2.41. The van der Waals surface area contributed by atoms with Crippen molar-refractivity contribution in [3.05, 3.63) is 94.8 Å². The van der Waals surface area contributed by atoms with E-state index in [1.807, 2.05) is 0 Å². The van der Waals surface area contributed by atoms with E-state index in [0.29, 0.717) is 11.5 Å². The van der Waals surface area contributed by atoms with Crippen molar-refractivity contribution in [3.63, 3.8) is 0 Å². The van der Waals surface area contributed by atoms with Crippen LogP contribution in [0.5, 0.6) is 11.5 Å². The fraction of sp³-hybridized carbons (Fsp3) is 0.323. The van der Waals surface area contributed by atoms with E-state index in [9.17, 15) is 21.6 Å². The van der Waals surface area contributed by atoms with Gasteiger partial charge in [-0.25, -0.2) is 13.3 Å². The van der Waals surface area contributed by atoms with Crippen LogP contribution in [0.2, 0.25) is 0 Å². The van der Waals surface area contributed by atoms with Crippen LogP contribution < -0.4 is 14.4 Å². The summed E-state index contributed by atoms with van der Waals surface area (Å²) in [5, 5.41) is 8.78. The third-order valence-corrected chi connectivity index (χ3v) is 9.71. The molecule has 1 heterocycles. The zero-order valence-electron chi connectivity index (χ0n) is 25.1. The average molecular weight is 660 g/mol. The molecule has 45 heavy (non-hydrogen) atoms. The summed E-state index contributed by atoms with van der Waals surface area (Å²) in [4.78, 5) is 5.67. The van der Waals surface area contributed by atoms with E-state index in [4.69, 9.17) is 33.7 Å². The van der Waals surface area contributed by atoms with E-state index >= 15 is 0 Å². The Hall–Kier alpha value is -4.19. The van der Waals surface area contributed by atoms with Crippen LogP contribution in [0.15, 0.2) is 66.7 Å². The Morgan fingerprint density at radius 3 is 1.91 bits per heavy atom. The smallest absolute Gasteiger partial charge is 0.407 e. The second kappa shape index (κ2) is 13.0. The van der Waals surface area contributed by atoms with Gasteiger partial charge in [0.25, 0.3) is 0 Å². The molecular formula is C31H32F3N5O4S2. The summed E-state index contributed by atoms with van der Waals surface area (Å²) >= 11 is 5.62. The number of nitrogens with one attached hydrogen (secondary N) is 1. The molecule has 14 heteroatoms. The highest BCUT2D eigenvalue weighted by Gasteiger charge is 2.47. The van der Waals surface area contributed by atoms with Crippen molar-refractivity contribution in [2.75, 3.05) is 31.4 Å². The monoisotopic (exact) mass is 659 g/mol. The number of hydrogen-bond donors (Lipinski definition) is 1. The molecule has 4 rings (SSSR count). The van der Waals surface area contributed by atoms with E-state index < -0.39 is 33.0 Å². The van der Waals surface area contributed by atoms with Crippen LogP contribution in [-0.4, -0.2) is 60.6 Å². The Balaban J connectivity index is 1.60. The molecule has 0 atom stereocenters. The number of halogens is 3. The van der Waals surface area contributed by atoms with E-state index in [1.165, 1.54) is 34.4 Å². The summed E-state index contributed by atoms with van der Waals surface area (Å²) < 4.78 is 80.7. The van der Waals surface area contributed by atoms with Crippen molar-refractivity contribution in [1.82, 2.24) is 9.21 Å². The molecule has 0 unspecified atom stereocenters. The maximum Gasteiger partial charge on any atom is 0.407 e. The van der Waals surface area contributed by atoms with Gasteiger partial charge in [-0.05, 0) is 73.6 Å². The molecule has 9 nitrogen and oxygen atoms in total. The molecule has 0 saturated carbocycles. The minimum atomic E-state index is -4.79. The molecular weight excluding hydrogens is 628 g/mol. The third-order valence-electron chi connectivity index (χ3n) is 7.57. The highest BCUT2D eigenvalue weighted by atomic mass is 32.2. The number of nitrogens with zero attached hydrogens (tertiary/aromatic N) is 4. The Morgan fingerprint density at radius 1 is 0.956 bits per heavy atom. The topological polar surface area (TPSA) is 90.5 Å². The van der Waals surface area contributed by atoms with E-state index in [2.05, 4.69) is 4.85 Å². The number of benzene rings is 3. The van der Waals surface area contributed by atoms with Crippen LogP contribution in [0, 0.1) is 12.0 Å². The number of sulfonamides is 1. The van der Waals surface area contributed by atoms with Gasteiger partial charge in [0.2, 0.25) is 10.0 Å². The number of anilines is 1. The van der Waals surface area contributed by atoms with Gasteiger partial charge in [0, 0.05) is 25.3 Å². The maximum atomic E-state index is 13.9. The number of alkyl halides is 3. The number of amidine groups is 1. The zero-order chi connectivity index (χ0) is 33.2. The van der Waals surface area contributed by atoms with Gasteiger partial charge in [0.05, 0.1) is 37.6 Å². The predicted octanol–water partition coefficient (Wildman–Crippen LogP) is 6.47. The lowest BCUT2D eigenvalue weighted by atomic mass is 10.0. The van der Waals surface area contributed by atoms with Gasteiger partial charge in [-0.15, -0.1) is 0 Å². The van der Waals surface area contributed by atoms with Crippen LogP contribution in [0.25, 0.3) is 4.85 Å². The lowest BCUT2D eigenvalue weighted by Gasteiger charge is -2.31. The van der Waals surface area contributed by atoms with Crippen molar-refractivity contribution in [2.45, 2.75) is 38.7 Å². The minimum absolute atomic E-state index is 0.0132. The van der Waals surface area contributed by atoms with Gasteiger partial charge < -0.3 is 14.4 Å². The van der Waals surface area contributed by atoms with Crippen LogP contribution in [-0.2, 0) is 29.3 Å². The van der Waals surface area contributed by atoms with Gasteiger partial charge >= 0.3 is 6.18 Å². The molecule has 0 amide bonds. The fourth-order valence-corrected chi connectivity index (χ4v) is 6.80. The Kier molecular flexibility index (Phi) is 9.77. The fourth-order valence-electron chi connectivity index (χ4n) is 4.92. The molecule has 3 aromatic rings. The minimum Gasteiger partial charge on any atom is -0.497 e. The maximum absolute atomic E-state index is 13.9. The number of ether oxygens (including phenoxy) is 2. The molecule has 0 spiro atoms. The van der Waals surface area contributed by atoms with Crippen LogP contribution in [0.1, 0.15) is 30.5 Å². The van der Waals surface area contributed by atoms with Crippen molar-refractivity contribution in [2.24, 2.45) is 0 Å². The first-order valence-electron chi connectivity index (χ1n) is 13.7. The zero-order valence-corrected chi connectivity index (χ0v) is 26.7. The largest absolute Gasteiger partial charge is 0.497 e. The average Bonchev–Trinajstić information content (AvgIpc) is 3.17. The molecule has 1 aliphatic rings. The number of methoxy groups -OCH3 is 2. The number of rotatable bonds is 11. The standard InChI is InChI=1S/C31H32F3N5O4S2/c1-30(2)28(35)39(23-10-15-27(36-3)26(18-23)31(32,33)34)29(44)38(30)16-17-45(40,41)37(19-21-6-11-24(42-4)12-7-21)20-22-8-13-25(43-5)14-9-22/h6-15,18,35H,16-17,19-20H2,1-2,4-5H3. The van der Waals surface area contributed by atoms with Crippen molar-refractivity contribution < 1.29 is 31.1 Å². The Bertz CT molecular complexity index is 1670. The number of hydrogen-bond acceptors (Lipinski definition) is 6. The van der Waals surface area contributed by atoms with Crippen molar-refractivity contribution in [1.29, 1.82) is 5.41 Å². The Labute approximate surface area is 266 Å². The second-order valence-corrected chi connectivity index (χ2v) is 13.2. The highest BCUT2D eigenvalue weighted by molar-refractivity contribution is 7.89. The predicted molar refractivity (Wildman–Crippen MR) is 170 cm³/mol. The summed E-state index contributed by atoms with van der Waals surface area (Å²) in [5.41, 5.74) is -1.41. The molecule has 1 fully saturated rings. The van der Waals surface area contributed by atoms with Gasteiger partial charge in [0.15, 0.2) is 10.8 Å². The lowest BCUT2D eigenvalue weighted by molar-refractivity contribution is -0.136. The van der Waals surface area contributed by atoms with Crippen molar-refractivity contribution in [3.8, 4) is 11.5 Å². The summed E-state index contributed by atoms with van der Waals surface area (Å²) in [6.45, 7) is 10.4. The Morgan fingerprint density at radius 2 is 1.47 bits per heavy atom. The molecule has 0 aliphatic carbocycles. The van der Waals surface area contributed by atoms with Gasteiger partial charge in [-0.1, -0.05) is 30.3 Å². The molecule has 3 aromatic carbocycles. The lowest BCUT2D eigenvalue weighted by Crippen LogP contribution is -2.47. The molecule has 0 aromatic heterocycles. The quantitative estimate of drug-likeness (QED) is 0.187. The molecule has 1 saturated heterocycles. The van der Waals surface area contributed by atoms with Crippen LogP contribution in [0.4, 0.5) is 24.5 Å². The van der Waals surface area contributed by atoms with Gasteiger partial charge in [0.1, 0.15) is 17.3 Å². The molecule has 238 valence electrons. The molecule has 0 bridgehead atoms. The third kappa shape index (κ3) is 7.22. The SMILES string of the molecule is [C-]#[N+]c1ccc(N2C(=N)C(C)(C)N(CCS(=O)(=O)N(Cc3ccc(OC)cc3)Cc3ccc(OC)cc3)C2=S)cc1C(F)(F)F. The normalized spacial score (nSPS) is 15.0. The first-order valence-corrected chi connectivity index (χ1v) is 15.7. The first kappa shape index (κ1) is 33.7. The van der Waals surface area contributed by atoms with Crippen LogP contribution in [0.3, 0.4) is 0 Å². The molecule has 0 radical (unpaired) electrons. The van der Waals surface area contributed by atoms with Crippen LogP contribution >= 0.6 is 12.2 Å². The molecule has 1 N–H and O–H groups in total. The number of thiocarbonyl (C=S) groups is 1. The summed E-state index contributed by atoms with van der Waals surface area (Å²) in [6.07, 6.45) is -4.79.